The average molecular weight is 582 g/mol. The maximum absolute atomic E-state index is 13.7. The quantitative estimate of drug-likeness (QED) is 0.384. The predicted molar refractivity (Wildman–Crippen MR) is 131 cm³/mol. The molecule has 11 heteroatoms. The summed E-state index contributed by atoms with van der Waals surface area (Å²) >= 11 is 3.28. The van der Waals surface area contributed by atoms with E-state index in [0.29, 0.717) is 28.9 Å². The molecule has 3 aliphatic carbocycles. The summed E-state index contributed by atoms with van der Waals surface area (Å²) in [5.74, 6) is -3.21. The molecule has 2 bridgehead atoms. The summed E-state index contributed by atoms with van der Waals surface area (Å²) in [6, 6.07) is 3.09. The number of amides is 2. The molecule has 37 heavy (non-hydrogen) atoms. The Bertz CT molecular complexity index is 1370. The van der Waals surface area contributed by atoms with Crippen molar-refractivity contribution in [3.63, 3.8) is 0 Å². The maximum atomic E-state index is 13.7. The lowest BCUT2D eigenvalue weighted by molar-refractivity contribution is -0.140. The summed E-state index contributed by atoms with van der Waals surface area (Å²) in [5, 5.41) is 5.41. The van der Waals surface area contributed by atoms with Gasteiger partial charge in [0, 0.05) is 35.4 Å². The van der Waals surface area contributed by atoms with Gasteiger partial charge in [-0.25, -0.2) is 4.39 Å². The van der Waals surface area contributed by atoms with Crippen LogP contribution in [0.25, 0.3) is 0 Å². The van der Waals surface area contributed by atoms with E-state index in [1.807, 2.05) is 0 Å². The average Bonchev–Trinajstić information content (AvgIpc) is 3.49. The number of benzene rings is 1. The van der Waals surface area contributed by atoms with E-state index >= 15 is 0 Å². The Balaban J connectivity index is 1.45. The molecule has 196 valence electrons. The van der Waals surface area contributed by atoms with Crippen molar-refractivity contribution in [3.05, 3.63) is 73.9 Å². The Kier molecular flexibility index (Phi) is 6.54. The fraction of sp³-hybridized carbons (Fsp3) is 0.423. The smallest absolute Gasteiger partial charge is 0.348 e. The number of anilines is 1. The number of hydrogen-bond donors (Lipinski definition) is 2. The van der Waals surface area contributed by atoms with E-state index in [9.17, 15) is 31.9 Å². The SMILES string of the molecule is Cn1cc(Br)cc(C(=O)N[C@@H]2C3CCC(/C3=C/C3CC3)[C@@H]2C(=O)Nc2ccc(F)c(C(F)(F)F)c2)c1=O. The molecular weight excluding hydrogens is 558 g/mol. The van der Waals surface area contributed by atoms with Crippen LogP contribution in [0.4, 0.5) is 23.2 Å². The maximum Gasteiger partial charge on any atom is 0.419 e. The van der Waals surface area contributed by atoms with Gasteiger partial charge in [0.25, 0.3) is 11.5 Å². The minimum atomic E-state index is -4.91. The molecule has 3 fully saturated rings. The first-order valence-corrected chi connectivity index (χ1v) is 12.8. The predicted octanol–water partition coefficient (Wildman–Crippen LogP) is 5.04. The second-order valence-electron chi connectivity index (χ2n) is 9.99. The summed E-state index contributed by atoms with van der Waals surface area (Å²) in [4.78, 5) is 39.2. The normalized spacial score (nSPS) is 25.9. The number of carbonyl (C=O) groups excluding carboxylic acids is 2. The van der Waals surface area contributed by atoms with Gasteiger partial charge in [-0.15, -0.1) is 0 Å². The molecule has 5 rings (SSSR count). The molecule has 0 spiro atoms. The van der Waals surface area contributed by atoms with E-state index < -0.39 is 46.9 Å². The van der Waals surface area contributed by atoms with E-state index in [1.54, 1.807) is 0 Å². The van der Waals surface area contributed by atoms with E-state index in [0.717, 1.165) is 30.9 Å². The van der Waals surface area contributed by atoms with Crippen LogP contribution in [0, 0.1) is 29.5 Å². The van der Waals surface area contributed by atoms with Gasteiger partial charge in [0.05, 0.1) is 11.5 Å². The summed E-state index contributed by atoms with van der Waals surface area (Å²) < 4.78 is 55.1. The van der Waals surface area contributed by atoms with Crippen LogP contribution in [0.5, 0.6) is 0 Å². The van der Waals surface area contributed by atoms with Crippen molar-refractivity contribution in [2.24, 2.45) is 30.7 Å². The first kappa shape index (κ1) is 25.7. The highest BCUT2D eigenvalue weighted by molar-refractivity contribution is 9.10. The standard InChI is InChI=1S/C26H24BrF4N3O3/c1-34-11-13(27)9-18(25(34)37)23(35)33-22-16-6-5-15(17(16)8-12-2-3-12)21(22)24(36)32-14-4-7-20(28)19(10-14)26(29,30)31/h4,7-12,15-16,21-22H,2-3,5-6H2,1H3,(H,32,36)(H,33,35)/b17-8-/t15?,16?,21-,22+/m0/s1. The number of aryl methyl sites for hydroxylation is 1. The fourth-order valence-corrected chi connectivity index (χ4v) is 6.20. The summed E-state index contributed by atoms with van der Waals surface area (Å²) in [7, 11) is 1.52. The van der Waals surface area contributed by atoms with Gasteiger partial charge in [-0.1, -0.05) is 11.6 Å². The highest BCUT2D eigenvalue weighted by atomic mass is 79.9. The van der Waals surface area contributed by atoms with Crippen LogP contribution in [0.15, 0.2) is 51.4 Å². The van der Waals surface area contributed by atoms with Gasteiger partial charge in [0.1, 0.15) is 11.4 Å². The van der Waals surface area contributed by atoms with Crippen LogP contribution in [0.1, 0.15) is 41.6 Å². The molecule has 1 heterocycles. The molecule has 0 aliphatic heterocycles. The van der Waals surface area contributed by atoms with Crippen LogP contribution in [0.2, 0.25) is 0 Å². The van der Waals surface area contributed by atoms with E-state index in [-0.39, 0.29) is 23.1 Å². The Morgan fingerprint density at radius 2 is 1.81 bits per heavy atom. The topological polar surface area (TPSA) is 80.2 Å². The number of rotatable bonds is 5. The van der Waals surface area contributed by atoms with Crippen molar-refractivity contribution in [2.75, 3.05) is 5.32 Å². The van der Waals surface area contributed by atoms with Gasteiger partial charge >= 0.3 is 6.18 Å². The number of halogens is 5. The molecule has 3 aliphatic rings. The molecule has 3 saturated carbocycles. The second kappa shape index (κ2) is 9.41. The molecule has 1 aromatic heterocycles. The molecule has 0 saturated heterocycles. The number of pyridine rings is 1. The second-order valence-corrected chi connectivity index (χ2v) is 10.9. The third-order valence-corrected chi connectivity index (χ3v) is 7.92. The van der Waals surface area contributed by atoms with Crippen LogP contribution in [0.3, 0.4) is 0 Å². The van der Waals surface area contributed by atoms with Gasteiger partial charge in [0.2, 0.25) is 5.91 Å². The van der Waals surface area contributed by atoms with Crippen LogP contribution in [-0.4, -0.2) is 22.4 Å². The zero-order valence-electron chi connectivity index (χ0n) is 19.7. The van der Waals surface area contributed by atoms with Crippen molar-refractivity contribution in [1.29, 1.82) is 0 Å². The Morgan fingerprint density at radius 1 is 1.11 bits per heavy atom. The molecule has 2 aromatic rings. The van der Waals surface area contributed by atoms with E-state index in [4.69, 9.17) is 0 Å². The third-order valence-electron chi connectivity index (χ3n) is 7.48. The first-order chi connectivity index (χ1) is 17.4. The number of alkyl halides is 3. The summed E-state index contributed by atoms with van der Waals surface area (Å²) in [6.45, 7) is 0. The highest BCUT2D eigenvalue weighted by Crippen LogP contribution is 2.54. The van der Waals surface area contributed by atoms with Gasteiger partial charge in [-0.3, -0.25) is 14.4 Å². The molecule has 6 nitrogen and oxygen atoms in total. The van der Waals surface area contributed by atoms with Crippen molar-refractivity contribution < 1.29 is 27.2 Å². The zero-order valence-corrected chi connectivity index (χ0v) is 21.3. The van der Waals surface area contributed by atoms with Crippen molar-refractivity contribution in [2.45, 2.75) is 37.9 Å². The molecule has 2 amide bonds. The van der Waals surface area contributed by atoms with Crippen molar-refractivity contribution in [3.8, 4) is 0 Å². The Morgan fingerprint density at radius 3 is 2.49 bits per heavy atom. The lowest BCUT2D eigenvalue weighted by Gasteiger charge is -2.30. The molecular formula is C26H24BrF4N3O3. The van der Waals surface area contributed by atoms with Crippen molar-refractivity contribution in [1.82, 2.24) is 9.88 Å². The minimum Gasteiger partial charge on any atom is -0.348 e. The van der Waals surface area contributed by atoms with Crippen LogP contribution in [-0.2, 0) is 18.0 Å². The number of nitrogens with zero attached hydrogens (tertiary/aromatic N) is 1. The number of fused-ring (bicyclic) bond motifs is 2. The van der Waals surface area contributed by atoms with E-state index in [2.05, 4.69) is 32.6 Å². The minimum absolute atomic E-state index is 0.0834. The number of carbonyl (C=O) groups is 2. The van der Waals surface area contributed by atoms with Gasteiger partial charge in [-0.2, -0.15) is 13.2 Å². The van der Waals surface area contributed by atoms with E-state index in [1.165, 1.54) is 23.9 Å². The van der Waals surface area contributed by atoms with Gasteiger partial charge in [-0.05, 0) is 77.7 Å². The van der Waals surface area contributed by atoms with Crippen LogP contribution >= 0.6 is 15.9 Å². The molecule has 2 unspecified atom stereocenters. The summed E-state index contributed by atoms with van der Waals surface area (Å²) in [5.41, 5.74) is -1.14. The van der Waals surface area contributed by atoms with Gasteiger partial charge < -0.3 is 15.2 Å². The number of allylic oxidation sites excluding steroid dienone is 1. The fourth-order valence-electron chi connectivity index (χ4n) is 5.67. The van der Waals surface area contributed by atoms with Gasteiger partial charge in [0.15, 0.2) is 0 Å². The molecule has 4 atom stereocenters. The number of nitrogens with one attached hydrogen (secondary N) is 2. The van der Waals surface area contributed by atoms with Crippen molar-refractivity contribution >= 4 is 33.4 Å². The lowest BCUT2D eigenvalue weighted by Crippen LogP contribution is -2.49. The monoisotopic (exact) mass is 581 g/mol. The zero-order chi connectivity index (χ0) is 26.6. The Hall–Kier alpha value is -2.95. The number of aromatic nitrogens is 1. The third kappa shape index (κ3) is 4.97. The molecule has 0 radical (unpaired) electrons. The Labute approximate surface area is 218 Å². The lowest BCUT2D eigenvalue weighted by atomic mass is 9.83. The molecule has 1 aromatic carbocycles. The molecule has 2 N–H and O–H groups in total. The number of hydrogen-bond acceptors (Lipinski definition) is 3. The summed E-state index contributed by atoms with van der Waals surface area (Å²) in [6.07, 6.45) is 2.37. The highest BCUT2D eigenvalue weighted by Gasteiger charge is 2.55. The van der Waals surface area contributed by atoms with Crippen LogP contribution < -0.4 is 16.2 Å². The first-order valence-electron chi connectivity index (χ1n) is 12.0. The largest absolute Gasteiger partial charge is 0.419 e.